The van der Waals surface area contributed by atoms with Crippen LogP contribution in [0.15, 0.2) is 0 Å². The molecule has 5 N–H and O–H groups in total. The highest BCUT2D eigenvalue weighted by Gasteiger charge is 2.19. The van der Waals surface area contributed by atoms with Gasteiger partial charge < -0.3 is 21.3 Å². The number of rotatable bonds is 10. The monoisotopic (exact) mass is 260 g/mol. The van der Waals surface area contributed by atoms with Gasteiger partial charge in [-0.3, -0.25) is 4.79 Å². The third kappa shape index (κ3) is 7.24. The fraction of sp³-hybridized carbons (Fsp3) is 0.833. The Morgan fingerprint density at radius 1 is 1.28 bits per heavy atom. The number of carbonyl (C=O) groups excluding carboxylic acids is 1. The molecule has 0 aliphatic carbocycles. The quantitative estimate of drug-likeness (QED) is 0.445. The molecule has 0 heterocycles. The Balaban J connectivity index is 4.04. The molecule has 0 aromatic heterocycles. The number of carbonyl (C=O) groups is 2. The molecule has 0 radical (unpaired) electrons. The molecule has 0 aromatic carbocycles. The first kappa shape index (κ1) is 16.9. The number of aliphatic hydroxyl groups excluding tert-OH is 1. The number of nitrogens with one attached hydrogen (secondary N) is 1. The Kier molecular flexibility index (Phi) is 9.22. The lowest BCUT2D eigenvalue weighted by Gasteiger charge is -2.16. The lowest BCUT2D eigenvalue weighted by Crippen LogP contribution is -2.41. The minimum absolute atomic E-state index is 0.0288. The molecule has 0 saturated carbocycles. The van der Waals surface area contributed by atoms with Crippen molar-refractivity contribution in [3.8, 4) is 0 Å². The maximum absolute atomic E-state index is 11.6. The highest BCUT2D eigenvalue weighted by atomic mass is 16.4. The topological polar surface area (TPSA) is 113 Å². The number of hydrogen-bond donors (Lipinski definition) is 4. The highest BCUT2D eigenvalue weighted by Crippen LogP contribution is 2.14. The van der Waals surface area contributed by atoms with E-state index in [9.17, 15) is 9.59 Å². The van der Waals surface area contributed by atoms with Gasteiger partial charge in [0.25, 0.3) is 0 Å². The van der Waals surface area contributed by atoms with E-state index in [-0.39, 0.29) is 18.9 Å². The first-order chi connectivity index (χ1) is 8.54. The number of carboxylic acids is 1. The molecular weight excluding hydrogens is 236 g/mol. The van der Waals surface area contributed by atoms with Gasteiger partial charge in [-0.25, -0.2) is 4.79 Å². The van der Waals surface area contributed by atoms with E-state index in [0.29, 0.717) is 25.3 Å². The Bertz CT molecular complexity index is 258. The smallest absolute Gasteiger partial charge is 0.326 e. The van der Waals surface area contributed by atoms with Gasteiger partial charge in [-0.05, 0) is 25.3 Å². The summed E-state index contributed by atoms with van der Waals surface area (Å²) in [4.78, 5) is 22.3. The molecule has 0 spiro atoms. The van der Waals surface area contributed by atoms with Crippen molar-refractivity contribution >= 4 is 11.9 Å². The van der Waals surface area contributed by atoms with Crippen LogP contribution in [0.1, 0.15) is 39.0 Å². The molecular formula is C12H24N2O4. The molecule has 1 amide bonds. The zero-order valence-electron chi connectivity index (χ0n) is 10.9. The third-order valence-electron chi connectivity index (χ3n) is 2.98. The van der Waals surface area contributed by atoms with Crippen molar-refractivity contribution in [2.75, 3.05) is 13.2 Å². The normalized spacial score (nSPS) is 13.9. The van der Waals surface area contributed by atoms with Gasteiger partial charge in [0.15, 0.2) is 0 Å². The maximum Gasteiger partial charge on any atom is 0.326 e. The van der Waals surface area contributed by atoms with E-state index in [1.165, 1.54) is 0 Å². The average molecular weight is 260 g/mol. The molecule has 18 heavy (non-hydrogen) atoms. The van der Waals surface area contributed by atoms with Gasteiger partial charge in [-0.2, -0.15) is 0 Å². The number of hydrogen-bond acceptors (Lipinski definition) is 4. The summed E-state index contributed by atoms with van der Waals surface area (Å²) in [5, 5.41) is 19.9. The third-order valence-corrected chi connectivity index (χ3v) is 2.98. The summed E-state index contributed by atoms with van der Waals surface area (Å²) in [6.07, 6.45) is 2.88. The van der Waals surface area contributed by atoms with Crippen molar-refractivity contribution in [2.45, 2.75) is 45.1 Å². The summed E-state index contributed by atoms with van der Waals surface area (Å²) in [5.74, 6) is -1.00. The van der Waals surface area contributed by atoms with Crippen molar-refractivity contribution in [3.05, 3.63) is 0 Å². The van der Waals surface area contributed by atoms with Gasteiger partial charge in [0.2, 0.25) is 5.91 Å². The molecule has 0 bridgehead atoms. The minimum atomic E-state index is -1.12. The highest BCUT2D eigenvalue weighted by molar-refractivity contribution is 5.83. The lowest BCUT2D eigenvalue weighted by atomic mass is 9.96. The molecule has 2 atom stereocenters. The molecule has 6 nitrogen and oxygen atoms in total. The second kappa shape index (κ2) is 9.85. The number of amides is 1. The summed E-state index contributed by atoms with van der Waals surface area (Å²) < 4.78 is 0. The van der Waals surface area contributed by atoms with E-state index < -0.39 is 12.0 Å². The van der Waals surface area contributed by atoms with E-state index in [2.05, 4.69) is 5.32 Å². The van der Waals surface area contributed by atoms with Crippen LogP contribution in [-0.4, -0.2) is 41.3 Å². The Morgan fingerprint density at radius 3 is 2.39 bits per heavy atom. The zero-order chi connectivity index (χ0) is 14.0. The van der Waals surface area contributed by atoms with E-state index in [1.54, 1.807) is 0 Å². The molecule has 0 fully saturated rings. The van der Waals surface area contributed by atoms with Gasteiger partial charge in [-0.15, -0.1) is 0 Å². The van der Waals surface area contributed by atoms with Crippen molar-refractivity contribution in [3.63, 3.8) is 0 Å². The Morgan fingerprint density at radius 2 is 1.94 bits per heavy atom. The van der Waals surface area contributed by atoms with Crippen LogP contribution in [0.2, 0.25) is 0 Å². The fourth-order valence-corrected chi connectivity index (χ4v) is 1.78. The SMILES string of the molecule is CCC(CCN)CCC(=O)NC(CCO)C(=O)O. The van der Waals surface area contributed by atoms with Crippen LogP contribution < -0.4 is 11.1 Å². The molecule has 0 aliphatic rings. The van der Waals surface area contributed by atoms with Crippen LogP contribution in [0.3, 0.4) is 0 Å². The van der Waals surface area contributed by atoms with Crippen LogP contribution in [0.5, 0.6) is 0 Å². The van der Waals surface area contributed by atoms with Gasteiger partial charge in [0, 0.05) is 19.4 Å². The Labute approximate surface area is 108 Å². The maximum atomic E-state index is 11.6. The molecule has 0 aliphatic heterocycles. The van der Waals surface area contributed by atoms with Gasteiger partial charge in [0.05, 0.1) is 0 Å². The summed E-state index contributed by atoms with van der Waals surface area (Å²) >= 11 is 0. The number of carboxylic acid groups (broad SMARTS) is 1. The predicted octanol–water partition coefficient (Wildman–Crippen LogP) is 0.0934. The van der Waals surface area contributed by atoms with E-state index in [1.807, 2.05) is 6.92 Å². The van der Waals surface area contributed by atoms with Crippen molar-refractivity contribution in [1.29, 1.82) is 0 Å². The van der Waals surface area contributed by atoms with Crippen LogP contribution in [0.25, 0.3) is 0 Å². The molecule has 106 valence electrons. The van der Waals surface area contributed by atoms with Crippen molar-refractivity contribution < 1.29 is 19.8 Å². The van der Waals surface area contributed by atoms with Crippen LogP contribution in [0, 0.1) is 5.92 Å². The van der Waals surface area contributed by atoms with Crippen LogP contribution in [0.4, 0.5) is 0 Å². The molecule has 6 heteroatoms. The van der Waals surface area contributed by atoms with E-state index >= 15 is 0 Å². The number of aliphatic hydroxyl groups is 1. The summed E-state index contributed by atoms with van der Waals surface area (Å²) in [6.45, 7) is 2.38. The fourth-order valence-electron chi connectivity index (χ4n) is 1.78. The standard InChI is InChI=1S/C12H24N2O4/c1-2-9(5-7-13)3-4-11(16)14-10(6-8-15)12(17)18/h9-10,15H,2-8,13H2,1H3,(H,14,16)(H,17,18). The second-order valence-corrected chi connectivity index (χ2v) is 4.36. The molecule has 0 aromatic rings. The minimum Gasteiger partial charge on any atom is -0.480 e. The van der Waals surface area contributed by atoms with Crippen molar-refractivity contribution in [1.82, 2.24) is 5.32 Å². The van der Waals surface area contributed by atoms with Crippen molar-refractivity contribution in [2.24, 2.45) is 11.7 Å². The summed E-state index contributed by atoms with van der Waals surface area (Å²) in [6, 6.07) is -1.00. The second-order valence-electron chi connectivity index (χ2n) is 4.36. The van der Waals surface area contributed by atoms with E-state index in [0.717, 1.165) is 12.8 Å². The lowest BCUT2D eigenvalue weighted by molar-refractivity contribution is -0.142. The molecule has 0 rings (SSSR count). The first-order valence-electron chi connectivity index (χ1n) is 6.38. The Hall–Kier alpha value is -1.14. The first-order valence-corrected chi connectivity index (χ1v) is 6.38. The summed E-state index contributed by atoms with van der Waals surface area (Å²) in [5.41, 5.74) is 5.47. The van der Waals surface area contributed by atoms with Gasteiger partial charge in [-0.1, -0.05) is 13.3 Å². The van der Waals surface area contributed by atoms with Crippen LogP contribution >= 0.6 is 0 Å². The molecule has 2 unspecified atom stereocenters. The van der Waals surface area contributed by atoms with Gasteiger partial charge in [0.1, 0.15) is 6.04 Å². The van der Waals surface area contributed by atoms with Crippen LogP contribution in [-0.2, 0) is 9.59 Å². The van der Waals surface area contributed by atoms with Gasteiger partial charge >= 0.3 is 5.97 Å². The largest absolute Gasteiger partial charge is 0.480 e. The zero-order valence-corrected chi connectivity index (χ0v) is 10.9. The summed E-state index contributed by atoms with van der Waals surface area (Å²) in [7, 11) is 0. The molecule has 0 saturated heterocycles. The predicted molar refractivity (Wildman–Crippen MR) is 68.0 cm³/mol. The average Bonchev–Trinajstić information content (AvgIpc) is 2.33. The van der Waals surface area contributed by atoms with E-state index in [4.69, 9.17) is 15.9 Å². The number of aliphatic carboxylic acids is 1. The number of nitrogens with two attached hydrogens (primary N) is 1.